The minimum atomic E-state index is 1.04. The molecule has 0 aliphatic rings. The van der Waals surface area contributed by atoms with Crippen LogP contribution in [0.3, 0.4) is 0 Å². The second kappa shape index (κ2) is 5.66. The highest BCUT2D eigenvalue weighted by atomic mass is 14.7. The first kappa shape index (κ1) is 11.9. The van der Waals surface area contributed by atoms with Gasteiger partial charge in [-0.3, -0.25) is 4.98 Å². The zero-order valence-electron chi connectivity index (χ0n) is 10.9. The summed E-state index contributed by atoms with van der Waals surface area (Å²) in [6.45, 7) is 0. The van der Waals surface area contributed by atoms with Crippen LogP contribution in [0.4, 0.5) is 0 Å². The second-order valence-electron chi connectivity index (χ2n) is 4.82. The van der Waals surface area contributed by atoms with E-state index in [1.54, 1.807) is 0 Å². The predicted octanol–water partition coefficient (Wildman–Crippen LogP) is 4.41. The van der Waals surface area contributed by atoms with Crippen molar-refractivity contribution in [3.8, 4) is 0 Å². The lowest BCUT2D eigenvalue weighted by Gasteiger charge is -2.05. The number of hydrogen-bond donors (Lipinski definition) is 0. The molecule has 0 N–H and O–H groups in total. The van der Waals surface area contributed by atoms with E-state index >= 15 is 0 Å². The molecule has 0 amide bonds. The van der Waals surface area contributed by atoms with Crippen molar-refractivity contribution in [2.45, 2.75) is 19.3 Å². The standard InChI is InChI=1S/C18H17N/c1-2-7-15(8-3-1)9-6-12-18-17-11-5-4-10-16(17)13-14-19-18/h1-5,7-8,10-11,13-14H,6,9,12H2. The summed E-state index contributed by atoms with van der Waals surface area (Å²) in [6.07, 6.45) is 5.22. The van der Waals surface area contributed by atoms with Crippen molar-refractivity contribution >= 4 is 10.8 Å². The molecule has 0 saturated carbocycles. The van der Waals surface area contributed by atoms with Crippen LogP contribution < -0.4 is 0 Å². The number of pyridine rings is 1. The van der Waals surface area contributed by atoms with Crippen molar-refractivity contribution in [1.82, 2.24) is 4.98 Å². The fourth-order valence-corrected chi connectivity index (χ4v) is 2.49. The molecule has 0 aliphatic carbocycles. The number of aryl methyl sites for hydroxylation is 2. The largest absolute Gasteiger partial charge is 0.261 e. The van der Waals surface area contributed by atoms with Crippen LogP contribution in [0.1, 0.15) is 17.7 Å². The van der Waals surface area contributed by atoms with Crippen LogP contribution in [0.15, 0.2) is 66.9 Å². The fourth-order valence-electron chi connectivity index (χ4n) is 2.49. The van der Waals surface area contributed by atoms with Gasteiger partial charge in [0.05, 0.1) is 0 Å². The Labute approximate surface area is 113 Å². The quantitative estimate of drug-likeness (QED) is 0.665. The lowest BCUT2D eigenvalue weighted by molar-refractivity contribution is 0.805. The number of rotatable bonds is 4. The molecule has 1 aromatic heterocycles. The maximum atomic E-state index is 4.54. The Morgan fingerprint density at radius 1 is 0.737 bits per heavy atom. The van der Waals surface area contributed by atoms with Gasteiger partial charge in [-0.1, -0.05) is 54.6 Å². The Morgan fingerprint density at radius 2 is 1.53 bits per heavy atom. The third kappa shape index (κ3) is 2.82. The number of aromatic nitrogens is 1. The van der Waals surface area contributed by atoms with Crippen molar-refractivity contribution < 1.29 is 0 Å². The van der Waals surface area contributed by atoms with E-state index in [2.05, 4.69) is 65.6 Å². The zero-order chi connectivity index (χ0) is 12.9. The first-order valence-electron chi connectivity index (χ1n) is 6.80. The van der Waals surface area contributed by atoms with Crippen molar-refractivity contribution in [2.24, 2.45) is 0 Å². The highest BCUT2D eigenvalue weighted by Crippen LogP contribution is 2.18. The summed E-state index contributed by atoms with van der Waals surface area (Å²) in [6, 6.07) is 21.2. The van der Waals surface area contributed by atoms with Gasteiger partial charge >= 0.3 is 0 Å². The highest BCUT2D eigenvalue weighted by Gasteiger charge is 2.01. The van der Waals surface area contributed by atoms with Gasteiger partial charge in [0.2, 0.25) is 0 Å². The summed E-state index contributed by atoms with van der Waals surface area (Å²) in [7, 11) is 0. The molecule has 0 saturated heterocycles. The molecule has 1 nitrogen and oxygen atoms in total. The molecule has 2 aromatic carbocycles. The molecular formula is C18H17N. The lowest BCUT2D eigenvalue weighted by atomic mass is 10.0. The molecule has 3 rings (SSSR count). The van der Waals surface area contributed by atoms with Gasteiger partial charge in [-0.05, 0) is 36.3 Å². The third-order valence-electron chi connectivity index (χ3n) is 3.48. The van der Waals surface area contributed by atoms with Crippen molar-refractivity contribution in [2.75, 3.05) is 0 Å². The van der Waals surface area contributed by atoms with Crippen LogP contribution in [0.2, 0.25) is 0 Å². The summed E-state index contributed by atoms with van der Waals surface area (Å²) in [5.74, 6) is 0. The predicted molar refractivity (Wildman–Crippen MR) is 80.2 cm³/mol. The Hall–Kier alpha value is -2.15. The normalized spacial score (nSPS) is 10.7. The minimum absolute atomic E-state index is 1.04. The summed E-state index contributed by atoms with van der Waals surface area (Å²) >= 11 is 0. The topological polar surface area (TPSA) is 12.9 Å². The van der Waals surface area contributed by atoms with E-state index in [1.807, 2.05) is 6.20 Å². The van der Waals surface area contributed by atoms with E-state index in [0.29, 0.717) is 0 Å². The summed E-state index contributed by atoms with van der Waals surface area (Å²) in [5, 5.41) is 2.57. The number of nitrogens with zero attached hydrogens (tertiary/aromatic N) is 1. The maximum Gasteiger partial charge on any atom is 0.0481 e. The van der Waals surface area contributed by atoms with Gasteiger partial charge in [-0.25, -0.2) is 0 Å². The molecule has 3 aromatic rings. The average Bonchev–Trinajstić information content (AvgIpc) is 2.49. The Balaban J connectivity index is 1.72. The molecule has 0 fully saturated rings. The van der Waals surface area contributed by atoms with E-state index < -0.39 is 0 Å². The Morgan fingerprint density at radius 3 is 2.42 bits per heavy atom. The molecule has 94 valence electrons. The second-order valence-corrected chi connectivity index (χ2v) is 4.82. The number of benzene rings is 2. The van der Waals surface area contributed by atoms with E-state index in [4.69, 9.17) is 0 Å². The number of hydrogen-bond acceptors (Lipinski definition) is 1. The summed E-state index contributed by atoms with van der Waals surface area (Å²) in [5.41, 5.74) is 2.62. The van der Waals surface area contributed by atoms with Gasteiger partial charge < -0.3 is 0 Å². The van der Waals surface area contributed by atoms with E-state index in [0.717, 1.165) is 19.3 Å². The maximum absolute atomic E-state index is 4.54. The van der Waals surface area contributed by atoms with Gasteiger partial charge in [0.25, 0.3) is 0 Å². The highest BCUT2D eigenvalue weighted by molar-refractivity contribution is 5.84. The van der Waals surface area contributed by atoms with Crippen LogP contribution in [0, 0.1) is 0 Å². The smallest absolute Gasteiger partial charge is 0.0481 e. The number of fused-ring (bicyclic) bond motifs is 1. The fraction of sp³-hybridized carbons (Fsp3) is 0.167. The summed E-state index contributed by atoms with van der Waals surface area (Å²) < 4.78 is 0. The molecule has 0 bridgehead atoms. The molecule has 19 heavy (non-hydrogen) atoms. The van der Waals surface area contributed by atoms with E-state index in [-0.39, 0.29) is 0 Å². The molecule has 1 heterocycles. The summed E-state index contributed by atoms with van der Waals surface area (Å²) in [4.78, 5) is 4.54. The first-order valence-corrected chi connectivity index (χ1v) is 6.80. The van der Waals surface area contributed by atoms with Crippen LogP contribution in [0.25, 0.3) is 10.8 Å². The van der Waals surface area contributed by atoms with Crippen LogP contribution in [-0.4, -0.2) is 4.98 Å². The van der Waals surface area contributed by atoms with Crippen LogP contribution >= 0.6 is 0 Å². The van der Waals surface area contributed by atoms with Gasteiger partial charge in [-0.2, -0.15) is 0 Å². The molecule has 0 radical (unpaired) electrons. The molecule has 0 aliphatic heterocycles. The SMILES string of the molecule is c1ccc(CCCc2nccc3ccccc23)cc1. The lowest BCUT2D eigenvalue weighted by Crippen LogP contribution is -1.94. The van der Waals surface area contributed by atoms with E-state index in [1.165, 1.54) is 22.0 Å². The molecule has 0 atom stereocenters. The molecular weight excluding hydrogens is 230 g/mol. The third-order valence-corrected chi connectivity index (χ3v) is 3.48. The van der Waals surface area contributed by atoms with Gasteiger partial charge in [0.1, 0.15) is 0 Å². The van der Waals surface area contributed by atoms with Crippen molar-refractivity contribution in [1.29, 1.82) is 0 Å². The van der Waals surface area contributed by atoms with Crippen LogP contribution in [0.5, 0.6) is 0 Å². The minimum Gasteiger partial charge on any atom is -0.261 e. The van der Waals surface area contributed by atoms with Gasteiger partial charge in [0.15, 0.2) is 0 Å². The monoisotopic (exact) mass is 247 g/mol. The van der Waals surface area contributed by atoms with Gasteiger partial charge in [0, 0.05) is 17.3 Å². The average molecular weight is 247 g/mol. The van der Waals surface area contributed by atoms with Crippen molar-refractivity contribution in [3.05, 3.63) is 78.1 Å². The van der Waals surface area contributed by atoms with Crippen molar-refractivity contribution in [3.63, 3.8) is 0 Å². The molecule has 0 unspecified atom stereocenters. The zero-order valence-corrected chi connectivity index (χ0v) is 10.9. The Kier molecular flexibility index (Phi) is 3.55. The van der Waals surface area contributed by atoms with Crippen LogP contribution in [-0.2, 0) is 12.8 Å². The Bertz CT molecular complexity index is 653. The first-order chi connectivity index (χ1) is 9.43. The van der Waals surface area contributed by atoms with E-state index in [9.17, 15) is 0 Å². The van der Waals surface area contributed by atoms with Gasteiger partial charge in [-0.15, -0.1) is 0 Å². The molecule has 0 spiro atoms. The molecule has 1 heteroatoms.